The lowest BCUT2D eigenvalue weighted by Gasteiger charge is -1.97. The molecule has 6 nitrogen and oxygen atoms in total. The van der Waals surface area contributed by atoms with E-state index in [2.05, 4.69) is 47.3 Å². The second kappa shape index (κ2) is 5.58. The van der Waals surface area contributed by atoms with Gasteiger partial charge in [0.25, 0.3) is 0 Å². The summed E-state index contributed by atoms with van der Waals surface area (Å²) < 4.78 is 6.83. The molecule has 0 N–H and O–H groups in total. The zero-order valence-electron chi connectivity index (χ0n) is 9.79. The summed E-state index contributed by atoms with van der Waals surface area (Å²) in [6.45, 7) is 0.0233. The molecule has 0 amide bonds. The van der Waals surface area contributed by atoms with E-state index in [-0.39, 0.29) is 12.3 Å². The van der Waals surface area contributed by atoms with E-state index >= 15 is 0 Å². The van der Waals surface area contributed by atoms with Crippen molar-refractivity contribution in [1.82, 2.24) is 20.2 Å². The fourth-order valence-corrected chi connectivity index (χ4v) is 4.41. The third kappa shape index (κ3) is 2.74. The molecular weight excluding hydrogens is 412 g/mol. The molecule has 102 valence electrons. The van der Waals surface area contributed by atoms with Crippen LogP contribution in [-0.2, 0) is 6.54 Å². The van der Waals surface area contributed by atoms with E-state index in [0.29, 0.717) is 17.1 Å². The fourth-order valence-electron chi connectivity index (χ4n) is 1.56. The summed E-state index contributed by atoms with van der Waals surface area (Å²) in [5, 5.41) is 11.8. The average molecular weight is 418 g/mol. The Morgan fingerprint density at radius 3 is 2.95 bits per heavy atom. The maximum Gasteiger partial charge on any atom is 0.240 e. The van der Waals surface area contributed by atoms with Gasteiger partial charge in [0.2, 0.25) is 5.82 Å². The summed E-state index contributed by atoms with van der Waals surface area (Å²) in [5.41, 5.74) is 0.596. The minimum Gasteiger partial charge on any atom is -0.461 e. The van der Waals surface area contributed by atoms with E-state index in [0.717, 1.165) is 7.57 Å². The van der Waals surface area contributed by atoms with Crippen LogP contribution < -0.4 is 0 Å². The maximum absolute atomic E-state index is 12.1. The molecule has 0 aromatic carbocycles. The van der Waals surface area contributed by atoms with Gasteiger partial charge >= 0.3 is 0 Å². The Balaban J connectivity index is 1.78. The molecule has 0 unspecified atom stereocenters. The van der Waals surface area contributed by atoms with Crippen LogP contribution in [0.5, 0.6) is 0 Å². The number of ketones is 1. The van der Waals surface area contributed by atoms with Crippen molar-refractivity contribution in [2.24, 2.45) is 0 Å². The van der Waals surface area contributed by atoms with Crippen LogP contribution in [0.15, 0.2) is 36.5 Å². The van der Waals surface area contributed by atoms with Crippen LogP contribution in [0.1, 0.15) is 10.4 Å². The van der Waals surface area contributed by atoms with Crippen LogP contribution in [-0.4, -0.2) is 26.0 Å². The number of rotatable bonds is 4. The number of furan rings is 1. The first kappa shape index (κ1) is 13.7. The third-order valence-electron chi connectivity index (χ3n) is 2.44. The SMILES string of the molecule is O=C(Cn1nnc(-c2ccco2)n1)c1cc(Br)sc1Br. The second-order valence-corrected chi connectivity index (χ2v) is 7.53. The number of aromatic nitrogens is 4. The molecule has 0 aliphatic heterocycles. The van der Waals surface area contributed by atoms with E-state index in [1.807, 2.05) is 0 Å². The summed E-state index contributed by atoms with van der Waals surface area (Å²) >= 11 is 8.14. The van der Waals surface area contributed by atoms with Crippen LogP contribution in [0.2, 0.25) is 0 Å². The Bertz CT molecular complexity index is 750. The highest BCUT2D eigenvalue weighted by Crippen LogP contribution is 2.32. The number of hydrogen-bond acceptors (Lipinski definition) is 6. The summed E-state index contributed by atoms with van der Waals surface area (Å²) in [4.78, 5) is 13.4. The van der Waals surface area contributed by atoms with E-state index in [4.69, 9.17) is 4.42 Å². The molecule has 0 aliphatic rings. The number of halogens is 2. The molecule has 0 aliphatic carbocycles. The topological polar surface area (TPSA) is 73.8 Å². The number of hydrogen-bond donors (Lipinski definition) is 0. The largest absolute Gasteiger partial charge is 0.461 e. The first-order chi connectivity index (χ1) is 9.63. The molecule has 3 rings (SSSR count). The van der Waals surface area contributed by atoms with Gasteiger partial charge in [-0.05, 0) is 55.3 Å². The number of carbonyl (C=O) groups is 1. The van der Waals surface area contributed by atoms with E-state index in [1.165, 1.54) is 22.4 Å². The van der Waals surface area contributed by atoms with Gasteiger partial charge in [0.15, 0.2) is 11.5 Å². The highest BCUT2D eigenvalue weighted by molar-refractivity contribution is 9.12. The zero-order chi connectivity index (χ0) is 14.1. The number of tetrazole rings is 1. The van der Waals surface area contributed by atoms with E-state index in [1.54, 1.807) is 18.2 Å². The number of carbonyl (C=O) groups excluding carboxylic acids is 1. The summed E-state index contributed by atoms with van der Waals surface area (Å²) in [5.74, 6) is 0.777. The number of Topliss-reactive ketones (excluding diaryl/α,β-unsaturated/α-hetero) is 1. The van der Waals surface area contributed by atoms with Crippen molar-refractivity contribution in [2.75, 3.05) is 0 Å². The lowest BCUT2D eigenvalue weighted by atomic mass is 10.2. The Hall–Kier alpha value is -1.32. The molecule has 9 heteroatoms. The first-order valence-corrected chi connectivity index (χ1v) is 7.83. The number of nitrogens with zero attached hydrogens (tertiary/aromatic N) is 4. The Labute approximate surface area is 134 Å². The molecule has 0 atom stereocenters. The molecule has 20 heavy (non-hydrogen) atoms. The lowest BCUT2D eigenvalue weighted by molar-refractivity contribution is 0.0961. The molecule has 0 saturated carbocycles. The van der Waals surface area contributed by atoms with Crippen LogP contribution in [0, 0.1) is 0 Å². The quantitative estimate of drug-likeness (QED) is 0.608. The van der Waals surface area contributed by atoms with Crippen molar-refractivity contribution in [3.05, 3.63) is 37.6 Å². The van der Waals surface area contributed by atoms with Gasteiger partial charge in [-0.1, -0.05) is 0 Å². The second-order valence-electron chi connectivity index (χ2n) is 3.78. The molecule has 3 heterocycles. The van der Waals surface area contributed by atoms with Crippen molar-refractivity contribution >= 4 is 49.0 Å². The normalized spacial score (nSPS) is 10.9. The summed E-state index contributed by atoms with van der Waals surface area (Å²) in [7, 11) is 0. The van der Waals surface area contributed by atoms with Crippen LogP contribution in [0.25, 0.3) is 11.6 Å². The zero-order valence-corrected chi connectivity index (χ0v) is 13.8. The third-order valence-corrected chi connectivity index (χ3v) is 4.78. The van der Waals surface area contributed by atoms with Crippen molar-refractivity contribution in [2.45, 2.75) is 6.54 Å². The summed E-state index contributed by atoms with van der Waals surface area (Å²) in [6, 6.07) is 5.23. The smallest absolute Gasteiger partial charge is 0.240 e. The predicted octanol–water partition coefficient (Wildman–Crippen LogP) is 3.40. The van der Waals surface area contributed by atoms with Gasteiger partial charge in [-0.15, -0.1) is 21.5 Å². The highest BCUT2D eigenvalue weighted by Gasteiger charge is 2.16. The van der Waals surface area contributed by atoms with Gasteiger partial charge in [-0.25, -0.2) is 0 Å². The van der Waals surface area contributed by atoms with Crippen molar-refractivity contribution in [1.29, 1.82) is 0 Å². The van der Waals surface area contributed by atoms with Crippen LogP contribution >= 0.6 is 43.2 Å². The lowest BCUT2D eigenvalue weighted by Crippen LogP contribution is -2.13. The van der Waals surface area contributed by atoms with Crippen molar-refractivity contribution < 1.29 is 9.21 Å². The monoisotopic (exact) mass is 416 g/mol. The van der Waals surface area contributed by atoms with Gasteiger partial charge in [0.05, 0.1) is 13.8 Å². The number of thiophene rings is 1. The molecule has 3 aromatic rings. The minimum absolute atomic E-state index is 0.0233. The van der Waals surface area contributed by atoms with Gasteiger partial charge in [-0.3, -0.25) is 4.79 Å². The van der Waals surface area contributed by atoms with Gasteiger partial charge in [0, 0.05) is 5.56 Å². The Morgan fingerprint density at radius 1 is 1.45 bits per heavy atom. The van der Waals surface area contributed by atoms with Crippen molar-refractivity contribution in [3.63, 3.8) is 0 Å². The van der Waals surface area contributed by atoms with E-state index in [9.17, 15) is 4.79 Å². The molecule has 0 radical (unpaired) electrons. The predicted molar refractivity (Wildman–Crippen MR) is 79.6 cm³/mol. The molecular formula is C11H6Br2N4O2S. The van der Waals surface area contributed by atoms with E-state index < -0.39 is 0 Å². The van der Waals surface area contributed by atoms with Gasteiger partial charge in [-0.2, -0.15) is 4.80 Å². The molecule has 0 saturated heterocycles. The highest BCUT2D eigenvalue weighted by atomic mass is 79.9. The molecule has 3 aromatic heterocycles. The Morgan fingerprint density at radius 2 is 2.30 bits per heavy atom. The molecule has 0 bridgehead atoms. The first-order valence-electron chi connectivity index (χ1n) is 5.43. The fraction of sp³-hybridized carbons (Fsp3) is 0.0909. The van der Waals surface area contributed by atoms with Gasteiger partial charge < -0.3 is 4.42 Å². The molecule has 0 spiro atoms. The average Bonchev–Trinajstić information content (AvgIpc) is 3.09. The maximum atomic E-state index is 12.1. The molecule has 0 fully saturated rings. The van der Waals surface area contributed by atoms with Crippen LogP contribution in [0.3, 0.4) is 0 Å². The Kier molecular flexibility index (Phi) is 3.81. The minimum atomic E-state index is -0.0952. The van der Waals surface area contributed by atoms with Crippen LogP contribution in [0.4, 0.5) is 0 Å². The standard InChI is InChI=1S/C11H6Br2N4O2S/c12-9-4-6(10(13)20-9)7(18)5-17-15-11(14-16-17)8-2-1-3-19-8/h1-4H,5H2. The summed E-state index contributed by atoms with van der Waals surface area (Å²) in [6.07, 6.45) is 1.53. The van der Waals surface area contributed by atoms with Crippen molar-refractivity contribution in [3.8, 4) is 11.6 Å². The van der Waals surface area contributed by atoms with Gasteiger partial charge in [0.1, 0.15) is 6.54 Å².